The molecule has 2 aromatic rings. The number of rotatable bonds is 3. The number of ketones is 1. The summed E-state index contributed by atoms with van der Waals surface area (Å²) in [5.74, 6) is 0.186. The Balaban J connectivity index is 0.00000121. The van der Waals surface area contributed by atoms with Gasteiger partial charge in [0.2, 0.25) is 0 Å². The number of benzene rings is 2. The van der Waals surface area contributed by atoms with Gasteiger partial charge in [0.1, 0.15) is 0 Å². The van der Waals surface area contributed by atoms with Gasteiger partial charge in [0.05, 0.1) is 6.54 Å². The quantitative estimate of drug-likeness (QED) is 0.874. The second-order valence-corrected chi connectivity index (χ2v) is 5.13. The number of halogens is 1. The third kappa shape index (κ3) is 4.53. The summed E-state index contributed by atoms with van der Waals surface area (Å²) in [6, 6.07) is 20.4. The van der Waals surface area contributed by atoms with E-state index >= 15 is 0 Å². The van der Waals surface area contributed by atoms with Crippen LogP contribution in [-0.2, 0) is 11.3 Å². The maximum atomic E-state index is 11.9. The molecule has 1 aliphatic rings. The highest BCUT2D eigenvalue weighted by atomic mass is 35.5. The predicted molar refractivity (Wildman–Crippen MR) is 92.0 cm³/mol. The van der Waals surface area contributed by atoms with E-state index in [1.54, 1.807) is 6.08 Å². The molecule has 3 nitrogen and oxygen atoms in total. The van der Waals surface area contributed by atoms with E-state index in [2.05, 4.69) is 29.2 Å². The molecule has 1 aliphatic heterocycles. The molecule has 0 saturated heterocycles. The zero-order chi connectivity index (χ0) is 13.8. The number of nitrogens with zero attached hydrogens (tertiary/aromatic N) is 1. The lowest BCUT2D eigenvalue weighted by Gasteiger charge is -2.26. The van der Waals surface area contributed by atoms with Gasteiger partial charge >= 0.3 is 0 Å². The van der Waals surface area contributed by atoms with E-state index in [-0.39, 0.29) is 23.7 Å². The van der Waals surface area contributed by atoms with Gasteiger partial charge in [-0.25, -0.2) is 0 Å². The molecule has 0 aliphatic carbocycles. The average molecular weight is 318 g/mol. The van der Waals surface area contributed by atoms with E-state index in [4.69, 9.17) is 0 Å². The number of hydrogen-bond donors (Lipinski definition) is 0. The van der Waals surface area contributed by atoms with Crippen LogP contribution < -0.4 is 0 Å². The molecule has 0 fully saturated rings. The Morgan fingerprint density at radius 1 is 0.864 bits per heavy atom. The summed E-state index contributed by atoms with van der Waals surface area (Å²) < 4.78 is 0. The molecule has 2 aromatic carbocycles. The molecule has 0 saturated carbocycles. The van der Waals surface area contributed by atoms with Crippen molar-refractivity contribution in [3.05, 3.63) is 77.9 Å². The van der Waals surface area contributed by atoms with Gasteiger partial charge in [0.15, 0.2) is 5.78 Å². The van der Waals surface area contributed by atoms with Crippen LogP contribution in [0.1, 0.15) is 11.1 Å². The number of hydrogen-bond acceptors (Lipinski definition) is 2. The summed E-state index contributed by atoms with van der Waals surface area (Å²) >= 11 is 0. The van der Waals surface area contributed by atoms with Crippen molar-refractivity contribution >= 4 is 23.8 Å². The van der Waals surface area contributed by atoms with Crippen molar-refractivity contribution in [3.8, 4) is 0 Å². The lowest BCUT2D eigenvalue weighted by molar-refractivity contribution is -0.116. The Bertz CT molecular complexity index is 626. The Morgan fingerprint density at radius 3 is 2.09 bits per heavy atom. The zero-order valence-corrected chi connectivity index (χ0v) is 13.1. The molecule has 0 spiro atoms. The summed E-state index contributed by atoms with van der Waals surface area (Å²) in [5, 5.41) is 0. The summed E-state index contributed by atoms with van der Waals surface area (Å²) in [5.41, 5.74) is 3.49. The number of carbonyl (C=O) groups excluding carboxylic acids is 1. The second-order valence-electron chi connectivity index (χ2n) is 5.13. The van der Waals surface area contributed by atoms with Crippen LogP contribution in [0, 0.1) is 0 Å². The minimum absolute atomic E-state index is 0. The fraction of sp³-hybridized carbons (Fsp3) is 0.167. The third-order valence-corrected chi connectivity index (χ3v) is 3.50. The van der Waals surface area contributed by atoms with Crippen LogP contribution in [0.25, 0.3) is 5.57 Å². The van der Waals surface area contributed by atoms with Crippen molar-refractivity contribution in [2.45, 2.75) is 6.54 Å². The number of carbonyl (C=O) groups is 1. The Labute approximate surface area is 137 Å². The van der Waals surface area contributed by atoms with Crippen LogP contribution in [-0.4, -0.2) is 29.2 Å². The van der Waals surface area contributed by atoms with Gasteiger partial charge in [-0.3, -0.25) is 9.69 Å². The minimum atomic E-state index is 0. The molecule has 3 rings (SSSR count). The molecule has 0 atom stereocenters. The summed E-state index contributed by atoms with van der Waals surface area (Å²) in [6.45, 7) is 2.15. The van der Waals surface area contributed by atoms with Gasteiger partial charge in [0.25, 0.3) is 0 Å². The van der Waals surface area contributed by atoms with Gasteiger partial charge < -0.3 is 5.48 Å². The standard InChI is InChI=1S/C18H17NO.ClH.H2O/c20-18-11-17(16-9-5-2-6-10-16)13-19(14-18)12-15-7-3-1-4-8-15;;/h1-11H,12-14H2;1H;1H2. The zero-order valence-electron chi connectivity index (χ0n) is 12.2. The highest BCUT2D eigenvalue weighted by Crippen LogP contribution is 2.20. The first kappa shape index (κ1) is 18.1. The van der Waals surface area contributed by atoms with E-state index in [9.17, 15) is 4.79 Å². The molecule has 0 unspecified atom stereocenters. The van der Waals surface area contributed by atoms with Crippen LogP contribution in [0.2, 0.25) is 0 Å². The molecule has 1 heterocycles. The summed E-state index contributed by atoms with van der Waals surface area (Å²) in [7, 11) is 0. The maximum Gasteiger partial charge on any atom is 0.170 e. The lowest BCUT2D eigenvalue weighted by atomic mass is 10.0. The smallest absolute Gasteiger partial charge is 0.170 e. The van der Waals surface area contributed by atoms with Crippen LogP contribution in [0.15, 0.2) is 66.7 Å². The van der Waals surface area contributed by atoms with Gasteiger partial charge in [-0.15, -0.1) is 12.4 Å². The highest BCUT2D eigenvalue weighted by Gasteiger charge is 2.18. The molecule has 0 bridgehead atoms. The van der Waals surface area contributed by atoms with E-state index in [1.807, 2.05) is 36.4 Å². The average Bonchev–Trinajstić information content (AvgIpc) is 2.49. The maximum absolute atomic E-state index is 11.9. The Morgan fingerprint density at radius 2 is 1.45 bits per heavy atom. The van der Waals surface area contributed by atoms with Crippen molar-refractivity contribution in [1.29, 1.82) is 0 Å². The van der Waals surface area contributed by atoms with E-state index in [0.29, 0.717) is 6.54 Å². The monoisotopic (exact) mass is 317 g/mol. The normalized spacial score (nSPS) is 14.5. The van der Waals surface area contributed by atoms with E-state index < -0.39 is 0 Å². The molecular weight excluding hydrogens is 298 g/mol. The third-order valence-electron chi connectivity index (χ3n) is 3.50. The Kier molecular flexibility index (Phi) is 6.99. The van der Waals surface area contributed by atoms with Crippen LogP contribution in [0.5, 0.6) is 0 Å². The highest BCUT2D eigenvalue weighted by molar-refractivity contribution is 6.00. The van der Waals surface area contributed by atoms with Gasteiger partial charge in [0, 0.05) is 13.1 Å². The van der Waals surface area contributed by atoms with Crippen molar-refractivity contribution in [3.63, 3.8) is 0 Å². The largest absolute Gasteiger partial charge is 0.412 e. The fourth-order valence-electron chi connectivity index (χ4n) is 2.58. The Hall–Kier alpha value is -1.94. The van der Waals surface area contributed by atoms with Crippen LogP contribution >= 0.6 is 12.4 Å². The first-order chi connectivity index (χ1) is 9.81. The predicted octanol–water partition coefficient (Wildman–Crippen LogP) is 2.75. The van der Waals surface area contributed by atoms with Crippen molar-refractivity contribution in [1.82, 2.24) is 4.90 Å². The van der Waals surface area contributed by atoms with Crippen LogP contribution in [0.3, 0.4) is 0 Å². The van der Waals surface area contributed by atoms with Gasteiger partial charge in [-0.05, 0) is 22.8 Å². The molecule has 2 N–H and O–H groups in total. The van der Waals surface area contributed by atoms with E-state index in [1.165, 1.54) is 5.56 Å². The molecule has 0 radical (unpaired) electrons. The lowest BCUT2D eigenvalue weighted by Crippen LogP contribution is -2.34. The summed E-state index contributed by atoms with van der Waals surface area (Å²) in [6.07, 6.45) is 1.79. The van der Waals surface area contributed by atoms with Crippen molar-refractivity contribution in [2.24, 2.45) is 0 Å². The molecular formula is C18H20ClNO2. The molecule has 4 heteroatoms. The van der Waals surface area contributed by atoms with Crippen molar-refractivity contribution in [2.75, 3.05) is 13.1 Å². The molecule has 0 aromatic heterocycles. The summed E-state index contributed by atoms with van der Waals surface area (Å²) in [4.78, 5) is 14.1. The minimum Gasteiger partial charge on any atom is -0.412 e. The van der Waals surface area contributed by atoms with Crippen molar-refractivity contribution < 1.29 is 10.3 Å². The molecule has 0 amide bonds. The SMILES string of the molecule is Cl.O.O=C1C=C(c2ccccc2)CN(Cc2ccccc2)C1. The van der Waals surface area contributed by atoms with Gasteiger partial charge in [-0.1, -0.05) is 60.7 Å². The topological polar surface area (TPSA) is 51.8 Å². The fourth-order valence-corrected chi connectivity index (χ4v) is 2.58. The molecule has 116 valence electrons. The second kappa shape index (κ2) is 8.49. The van der Waals surface area contributed by atoms with Crippen LogP contribution in [0.4, 0.5) is 0 Å². The van der Waals surface area contributed by atoms with E-state index in [0.717, 1.165) is 24.2 Å². The van der Waals surface area contributed by atoms with Gasteiger partial charge in [-0.2, -0.15) is 0 Å². The molecule has 22 heavy (non-hydrogen) atoms. The first-order valence-corrected chi connectivity index (χ1v) is 6.86. The first-order valence-electron chi connectivity index (χ1n) is 6.86.